The van der Waals surface area contributed by atoms with E-state index >= 15 is 0 Å². The lowest BCUT2D eigenvalue weighted by atomic mass is 9.90. The van der Waals surface area contributed by atoms with E-state index in [2.05, 4.69) is 16.1 Å². The fourth-order valence-corrected chi connectivity index (χ4v) is 7.00. The minimum atomic E-state index is -0.459. The van der Waals surface area contributed by atoms with Crippen molar-refractivity contribution >= 4 is 12.2 Å². The molecule has 0 N–H and O–H groups in total. The Balaban J connectivity index is 1.04. The van der Waals surface area contributed by atoms with Gasteiger partial charge in [0.2, 0.25) is 0 Å². The molecule has 0 bridgehead atoms. The van der Waals surface area contributed by atoms with Crippen molar-refractivity contribution in [3.8, 4) is 0 Å². The van der Waals surface area contributed by atoms with Crippen molar-refractivity contribution in [2.45, 2.75) is 84.5 Å². The number of carbonyl (C=O) groups excluding carboxylic acids is 1. The van der Waals surface area contributed by atoms with E-state index in [9.17, 15) is 9.59 Å². The molecule has 2 aliphatic rings. The highest BCUT2D eigenvalue weighted by atomic mass is 16.7. The van der Waals surface area contributed by atoms with E-state index in [4.69, 9.17) is 19.0 Å². The van der Waals surface area contributed by atoms with Crippen LogP contribution >= 0.6 is 0 Å². The zero-order valence-electron chi connectivity index (χ0n) is 28.8. The van der Waals surface area contributed by atoms with E-state index in [-0.39, 0.29) is 12.4 Å². The van der Waals surface area contributed by atoms with Gasteiger partial charge in [0.05, 0.1) is 5.69 Å². The first-order chi connectivity index (χ1) is 23.9. The van der Waals surface area contributed by atoms with E-state index in [1.165, 1.54) is 0 Å². The maximum Gasteiger partial charge on any atom is 0.412 e. The second-order valence-electron chi connectivity index (χ2n) is 13.0. The number of hydrogen-bond acceptors (Lipinski definition) is 8. The van der Waals surface area contributed by atoms with Crippen LogP contribution in [0.4, 0.5) is 4.79 Å². The molecule has 6 rings (SSSR count). The van der Waals surface area contributed by atoms with Crippen molar-refractivity contribution < 1.29 is 18.8 Å². The molecule has 2 aromatic carbocycles. The van der Waals surface area contributed by atoms with Gasteiger partial charge < -0.3 is 18.9 Å². The van der Waals surface area contributed by atoms with Gasteiger partial charge >= 0.3 is 6.09 Å². The van der Waals surface area contributed by atoms with Crippen LogP contribution in [0.2, 0.25) is 0 Å². The van der Waals surface area contributed by atoms with E-state index in [1.807, 2.05) is 87.5 Å². The van der Waals surface area contributed by atoms with E-state index in [1.54, 1.807) is 9.47 Å². The number of nitrogens with zero attached hydrogens (tertiary/aromatic N) is 5. The molecule has 0 aliphatic carbocycles. The van der Waals surface area contributed by atoms with E-state index in [0.29, 0.717) is 44.2 Å². The highest BCUT2D eigenvalue weighted by Gasteiger charge is 2.29. The molecule has 10 heteroatoms. The standard InChI is InChI=1S/C39H47N5O5/c1-4-12-34-29(3)49-41-36(34)32-18-22-42(23-19-32)24-20-33-28(2)40-37-35(17-11-21-44(37)38(33)45)47-27-48-39(46)43(25-30-13-7-5-8-14-30)26-31-15-9-6-10-16-31/h4-10,12-16,32,35H,11,17-27H2,1-3H3. The fraction of sp³-hybridized carbons (Fsp3) is 0.436. The molecule has 4 aromatic rings. The molecule has 2 aliphatic heterocycles. The van der Waals surface area contributed by atoms with Crippen molar-refractivity contribution in [2.75, 3.05) is 26.4 Å². The van der Waals surface area contributed by atoms with Gasteiger partial charge in [-0.2, -0.15) is 0 Å². The SMILES string of the molecule is CC=Cc1c(C2CCN(CCc3c(C)nc4n(c3=O)CCCC4OCOC(=O)N(Cc3ccccc3)Cc3ccccc3)CC2)noc1C. The molecule has 1 saturated heterocycles. The summed E-state index contributed by atoms with van der Waals surface area (Å²) in [6.07, 6.45) is 7.39. The van der Waals surface area contributed by atoms with Crippen LogP contribution in [-0.2, 0) is 35.5 Å². The van der Waals surface area contributed by atoms with Crippen LogP contribution in [0.15, 0.2) is 76.1 Å². The summed E-state index contributed by atoms with van der Waals surface area (Å²) in [5.74, 6) is 1.86. The molecule has 1 atom stereocenters. The van der Waals surface area contributed by atoms with Gasteiger partial charge in [0.1, 0.15) is 17.7 Å². The number of piperidine rings is 1. The molecule has 2 aromatic heterocycles. The van der Waals surface area contributed by atoms with Crippen molar-refractivity contribution in [3.05, 3.63) is 122 Å². The van der Waals surface area contributed by atoms with Crippen LogP contribution in [0.3, 0.4) is 0 Å². The number of likely N-dealkylation sites (tertiary alicyclic amines) is 1. The van der Waals surface area contributed by atoms with Crippen LogP contribution in [0, 0.1) is 13.8 Å². The summed E-state index contributed by atoms with van der Waals surface area (Å²) in [4.78, 5) is 36.0. The van der Waals surface area contributed by atoms with Crippen LogP contribution in [-0.4, -0.2) is 57.0 Å². The van der Waals surface area contributed by atoms with Gasteiger partial charge in [-0.25, -0.2) is 9.78 Å². The summed E-state index contributed by atoms with van der Waals surface area (Å²) in [6, 6.07) is 19.7. The number of ether oxygens (including phenoxy) is 2. The molecule has 10 nitrogen and oxygen atoms in total. The Morgan fingerprint density at radius 3 is 2.31 bits per heavy atom. The third-order valence-electron chi connectivity index (χ3n) is 9.70. The van der Waals surface area contributed by atoms with Crippen molar-refractivity contribution in [2.24, 2.45) is 0 Å². The number of benzene rings is 2. The van der Waals surface area contributed by atoms with Crippen LogP contribution in [0.1, 0.15) is 89.9 Å². The Bertz CT molecular complexity index is 1740. The Hall–Kier alpha value is -4.54. The first kappa shape index (κ1) is 34.3. The molecule has 0 spiro atoms. The summed E-state index contributed by atoms with van der Waals surface area (Å²) in [5, 5.41) is 4.38. The number of carbonyl (C=O) groups is 1. The largest absolute Gasteiger partial charge is 0.422 e. The number of amides is 1. The van der Waals surface area contributed by atoms with Gasteiger partial charge in [0.15, 0.2) is 6.79 Å². The van der Waals surface area contributed by atoms with Crippen LogP contribution in [0.5, 0.6) is 0 Å². The second-order valence-corrected chi connectivity index (χ2v) is 13.0. The maximum atomic E-state index is 13.7. The molecular formula is C39H47N5O5. The quantitative estimate of drug-likeness (QED) is 0.150. The highest BCUT2D eigenvalue weighted by molar-refractivity contribution is 5.67. The zero-order valence-corrected chi connectivity index (χ0v) is 28.8. The third-order valence-corrected chi connectivity index (χ3v) is 9.70. The molecule has 1 unspecified atom stereocenters. The number of hydrogen-bond donors (Lipinski definition) is 0. The number of rotatable bonds is 12. The molecule has 1 fully saturated rings. The Morgan fingerprint density at radius 1 is 0.980 bits per heavy atom. The summed E-state index contributed by atoms with van der Waals surface area (Å²) in [5.41, 5.74) is 5.70. The number of allylic oxidation sites excluding steroid dienone is 1. The zero-order chi connectivity index (χ0) is 34.2. The molecule has 0 radical (unpaired) electrons. The van der Waals surface area contributed by atoms with Gasteiger partial charge in [-0.05, 0) is 77.1 Å². The molecule has 1 amide bonds. The average molecular weight is 666 g/mol. The van der Waals surface area contributed by atoms with Crippen molar-refractivity contribution in [1.82, 2.24) is 24.5 Å². The minimum Gasteiger partial charge on any atom is -0.422 e. The fourth-order valence-electron chi connectivity index (χ4n) is 7.00. The van der Waals surface area contributed by atoms with Gasteiger partial charge in [0.25, 0.3) is 5.56 Å². The second kappa shape index (κ2) is 16.2. The third kappa shape index (κ3) is 8.37. The lowest BCUT2D eigenvalue weighted by Crippen LogP contribution is -2.38. The van der Waals surface area contributed by atoms with Gasteiger partial charge in [-0.3, -0.25) is 14.3 Å². The molecular weight excluding hydrogens is 618 g/mol. The Labute approximate surface area is 288 Å². The lowest BCUT2D eigenvalue weighted by molar-refractivity contribution is -0.0788. The smallest absolute Gasteiger partial charge is 0.412 e. The summed E-state index contributed by atoms with van der Waals surface area (Å²) >= 11 is 0. The Morgan fingerprint density at radius 2 is 1.65 bits per heavy atom. The number of aryl methyl sites for hydroxylation is 2. The first-order valence-corrected chi connectivity index (χ1v) is 17.4. The minimum absolute atomic E-state index is 0.00800. The van der Waals surface area contributed by atoms with E-state index in [0.717, 1.165) is 78.3 Å². The van der Waals surface area contributed by atoms with Crippen molar-refractivity contribution in [1.29, 1.82) is 0 Å². The lowest BCUT2D eigenvalue weighted by Gasteiger charge is -2.31. The van der Waals surface area contributed by atoms with Gasteiger partial charge in [-0.1, -0.05) is 78.0 Å². The predicted octanol–water partition coefficient (Wildman–Crippen LogP) is 6.95. The number of fused-ring (bicyclic) bond motifs is 1. The van der Waals surface area contributed by atoms with Crippen molar-refractivity contribution in [3.63, 3.8) is 0 Å². The highest BCUT2D eigenvalue weighted by Crippen LogP contribution is 2.32. The molecule has 49 heavy (non-hydrogen) atoms. The van der Waals surface area contributed by atoms with Crippen LogP contribution < -0.4 is 5.56 Å². The van der Waals surface area contributed by atoms with Gasteiger partial charge in [-0.15, -0.1) is 0 Å². The Kier molecular flexibility index (Phi) is 11.4. The summed E-state index contributed by atoms with van der Waals surface area (Å²) in [6.45, 7) is 9.81. The summed E-state index contributed by atoms with van der Waals surface area (Å²) in [7, 11) is 0. The maximum absolute atomic E-state index is 13.7. The van der Waals surface area contributed by atoms with Gasteiger partial charge in [0, 0.05) is 48.9 Å². The van der Waals surface area contributed by atoms with Crippen LogP contribution in [0.25, 0.3) is 6.08 Å². The summed E-state index contributed by atoms with van der Waals surface area (Å²) < 4.78 is 19.0. The normalized spacial score (nSPS) is 16.9. The average Bonchev–Trinajstić information content (AvgIpc) is 3.49. The predicted molar refractivity (Wildman–Crippen MR) is 188 cm³/mol. The van der Waals surface area contributed by atoms with E-state index < -0.39 is 12.2 Å². The molecule has 4 heterocycles. The molecule has 0 saturated carbocycles. The first-order valence-electron chi connectivity index (χ1n) is 17.4. The molecule has 258 valence electrons. The topological polar surface area (TPSA) is 103 Å². The monoisotopic (exact) mass is 665 g/mol. The number of aromatic nitrogens is 3.